The number of amides is 1. The van der Waals surface area contributed by atoms with Crippen LogP contribution in [0.2, 0.25) is 0 Å². The first-order chi connectivity index (χ1) is 22.2. The molecule has 0 saturated heterocycles. The van der Waals surface area contributed by atoms with E-state index in [1.165, 1.54) is 141 Å². The van der Waals surface area contributed by atoms with E-state index in [9.17, 15) is 4.79 Å². The normalized spacial score (nSPS) is 11.2. The average Bonchev–Trinajstić information content (AvgIpc) is 3.06. The molecule has 0 aliphatic carbocycles. The summed E-state index contributed by atoms with van der Waals surface area (Å²) in [6, 6.07) is 16.5. The van der Waals surface area contributed by atoms with E-state index in [4.69, 9.17) is 4.74 Å². The number of carbonyl (C=O) groups is 1. The molecule has 2 rings (SSSR count). The zero-order valence-corrected chi connectivity index (χ0v) is 29.5. The third-order valence-corrected chi connectivity index (χ3v) is 9.13. The number of hydrogen-bond acceptors (Lipinski definition) is 2. The predicted molar refractivity (Wildman–Crippen MR) is 197 cm³/mol. The first kappa shape index (κ1) is 38.9. The van der Waals surface area contributed by atoms with Crippen LogP contribution in [0.4, 0.5) is 5.69 Å². The first-order valence-corrected chi connectivity index (χ1v) is 19.4. The van der Waals surface area contributed by atoms with Crippen molar-refractivity contribution in [3.8, 4) is 16.9 Å². The van der Waals surface area contributed by atoms with Crippen molar-refractivity contribution < 1.29 is 9.53 Å². The second-order valence-electron chi connectivity index (χ2n) is 13.4. The largest absolute Gasteiger partial charge is 0.493 e. The van der Waals surface area contributed by atoms with E-state index < -0.39 is 0 Å². The molecule has 254 valence electrons. The number of hydrogen-bond donors (Lipinski definition) is 1. The van der Waals surface area contributed by atoms with Crippen LogP contribution in [0.1, 0.15) is 181 Å². The standard InChI is InChI=1S/C42H69NO2/c1-3-5-7-9-11-13-15-16-17-19-21-23-25-29-37-45-41-31-28-27-30-40(41)38-33-35-39(36-34-38)43-42(44)32-26-24-22-20-18-14-12-10-8-6-4-2/h27-28,30-31,33-36H,3-26,29,32,37H2,1-2H3,(H,43,44). The molecule has 0 radical (unpaired) electrons. The Hall–Kier alpha value is -2.29. The van der Waals surface area contributed by atoms with E-state index in [2.05, 4.69) is 49.5 Å². The number of benzene rings is 2. The Morgan fingerprint density at radius 1 is 0.511 bits per heavy atom. The maximum absolute atomic E-state index is 12.5. The molecule has 45 heavy (non-hydrogen) atoms. The van der Waals surface area contributed by atoms with E-state index in [1.54, 1.807) is 0 Å². The summed E-state index contributed by atoms with van der Waals surface area (Å²) in [5.74, 6) is 1.07. The second kappa shape index (κ2) is 28.0. The Morgan fingerprint density at radius 3 is 1.42 bits per heavy atom. The molecule has 0 aliphatic heterocycles. The van der Waals surface area contributed by atoms with E-state index >= 15 is 0 Å². The first-order valence-electron chi connectivity index (χ1n) is 19.4. The van der Waals surface area contributed by atoms with Crippen LogP contribution in [-0.2, 0) is 4.79 Å². The third kappa shape index (κ3) is 20.5. The maximum Gasteiger partial charge on any atom is 0.224 e. The van der Waals surface area contributed by atoms with Gasteiger partial charge in [-0.05, 0) is 36.6 Å². The van der Waals surface area contributed by atoms with Gasteiger partial charge in [0.05, 0.1) is 6.61 Å². The highest BCUT2D eigenvalue weighted by molar-refractivity contribution is 5.91. The fraction of sp³-hybridized carbons (Fsp3) is 0.690. The van der Waals surface area contributed by atoms with Gasteiger partial charge in [-0.15, -0.1) is 0 Å². The molecule has 2 aromatic rings. The van der Waals surface area contributed by atoms with Crippen LogP contribution in [-0.4, -0.2) is 12.5 Å². The molecule has 0 unspecified atom stereocenters. The summed E-state index contributed by atoms with van der Waals surface area (Å²) in [6.07, 6.45) is 34.0. The van der Waals surface area contributed by atoms with Crippen molar-refractivity contribution in [2.45, 2.75) is 181 Å². The molecule has 3 nitrogen and oxygen atoms in total. The molecule has 0 saturated carbocycles. The number of anilines is 1. The van der Waals surface area contributed by atoms with Gasteiger partial charge >= 0.3 is 0 Å². The van der Waals surface area contributed by atoms with Gasteiger partial charge in [-0.25, -0.2) is 0 Å². The summed E-state index contributed by atoms with van der Waals surface area (Å²) >= 11 is 0. The zero-order chi connectivity index (χ0) is 32.0. The molecule has 0 aliphatic rings. The fourth-order valence-corrected chi connectivity index (χ4v) is 6.22. The van der Waals surface area contributed by atoms with Gasteiger partial charge in [0.1, 0.15) is 5.75 Å². The Labute approximate surface area is 278 Å². The lowest BCUT2D eigenvalue weighted by molar-refractivity contribution is -0.116. The molecule has 0 atom stereocenters. The topological polar surface area (TPSA) is 38.3 Å². The van der Waals surface area contributed by atoms with Crippen molar-refractivity contribution in [1.29, 1.82) is 0 Å². The molecule has 0 bridgehead atoms. The Kier molecular flexibility index (Phi) is 24.2. The highest BCUT2D eigenvalue weighted by atomic mass is 16.5. The van der Waals surface area contributed by atoms with Gasteiger partial charge in [0.2, 0.25) is 5.91 Å². The highest BCUT2D eigenvalue weighted by Crippen LogP contribution is 2.31. The zero-order valence-electron chi connectivity index (χ0n) is 29.5. The van der Waals surface area contributed by atoms with Gasteiger partial charge < -0.3 is 10.1 Å². The number of carbonyl (C=O) groups excluding carboxylic acids is 1. The Bertz CT molecular complexity index is 953. The van der Waals surface area contributed by atoms with Gasteiger partial charge in [0.25, 0.3) is 0 Å². The number of para-hydroxylation sites is 1. The van der Waals surface area contributed by atoms with Crippen LogP contribution in [0, 0.1) is 0 Å². The van der Waals surface area contributed by atoms with Crippen molar-refractivity contribution >= 4 is 11.6 Å². The van der Waals surface area contributed by atoms with E-state index in [-0.39, 0.29) is 5.91 Å². The summed E-state index contributed by atoms with van der Waals surface area (Å²) < 4.78 is 6.23. The molecule has 0 heterocycles. The van der Waals surface area contributed by atoms with Crippen LogP contribution < -0.4 is 10.1 Å². The minimum Gasteiger partial charge on any atom is -0.493 e. The van der Waals surface area contributed by atoms with Gasteiger partial charge in [-0.2, -0.15) is 0 Å². The summed E-state index contributed by atoms with van der Waals surface area (Å²) in [5.41, 5.74) is 3.10. The van der Waals surface area contributed by atoms with Crippen molar-refractivity contribution in [3.63, 3.8) is 0 Å². The maximum atomic E-state index is 12.5. The quantitative estimate of drug-likeness (QED) is 0.0883. The molecule has 0 fully saturated rings. The summed E-state index contributed by atoms with van der Waals surface area (Å²) in [4.78, 5) is 12.5. The van der Waals surface area contributed by atoms with E-state index in [0.29, 0.717) is 6.42 Å². The van der Waals surface area contributed by atoms with Gasteiger partial charge in [0, 0.05) is 17.7 Å². The van der Waals surface area contributed by atoms with Crippen LogP contribution in [0.25, 0.3) is 11.1 Å². The molecule has 3 heteroatoms. The summed E-state index contributed by atoms with van der Waals surface area (Å²) in [6.45, 7) is 5.33. The molecule has 0 spiro atoms. The molecular formula is C42H69NO2. The van der Waals surface area contributed by atoms with Gasteiger partial charge in [0.15, 0.2) is 0 Å². The SMILES string of the molecule is CCCCCCCCCCCCCCCCOc1ccccc1-c1ccc(NC(=O)CCCCCCCCCCCCC)cc1. The summed E-state index contributed by atoms with van der Waals surface area (Å²) in [7, 11) is 0. The molecule has 1 N–H and O–H groups in total. The summed E-state index contributed by atoms with van der Waals surface area (Å²) in [5, 5.41) is 3.08. The van der Waals surface area contributed by atoms with Crippen molar-refractivity contribution in [2.75, 3.05) is 11.9 Å². The fourth-order valence-electron chi connectivity index (χ4n) is 6.22. The lowest BCUT2D eigenvalue weighted by Crippen LogP contribution is -2.10. The average molecular weight is 620 g/mol. The van der Waals surface area contributed by atoms with Gasteiger partial charge in [-0.3, -0.25) is 4.79 Å². The van der Waals surface area contributed by atoms with Crippen LogP contribution >= 0.6 is 0 Å². The number of unbranched alkanes of at least 4 members (excludes halogenated alkanes) is 23. The molecule has 2 aromatic carbocycles. The van der Waals surface area contributed by atoms with Gasteiger partial charge in [-0.1, -0.05) is 192 Å². The monoisotopic (exact) mass is 620 g/mol. The Balaban J connectivity index is 1.54. The van der Waals surface area contributed by atoms with Crippen molar-refractivity contribution in [3.05, 3.63) is 48.5 Å². The van der Waals surface area contributed by atoms with Crippen molar-refractivity contribution in [1.82, 2.24) is 0 Å². The highest BCUT2D eigenvalue weighted by Gasteiger charge is 2.08. The van der Waals surface area contributed by atoms with E-state index in [0.717, 1.165) is 48.4 Å². The minimum atomic E-state index is 0.121. The molecular weight excluding hydrogens is 550 g/mol. The van der Waals surface area contributed by atoms with Crippen LogP contribution in [0.3, 0.4) is 0 Å². The predicted octanol–water partition coefficient (Wildman–Crippen LogP) is 13.9. The minimum absolute atomic E-state index is 0.121. The molecule has 0 aromatic heterocycles. The number of rotatable bonds is 30. The lowest BCUT2D eigenvalue weighted by Gasteiger charge is -2.12. The molecule has 1 amide bonds. The number of nitrogens with one attached hydrogen (secondary N) is 1. The van der Waals surface area contributed by atoms with Crippen molar-refractivity contribution in [2.24, 2.45) is 0 Å². The number of ether oxygens (including phenoxy) is 1. The van der Waals surface area contributed by atoms with E-state index in [1.807, 2.05) is 18.2 Å². The second-order valence-corrected chi connectivity index (χ2v) is 13.4. The third-order valence-electron chi connectivity index (χ3n) is 9.13. The Morgan fingerprint density at radius 2 is 0.933 bits per heavy atom. The smallest absolute Gasteiger partial charge is 0.224 e. The van der Waals surface area contributed by atoms with Crippen LogP contribution in [0.15, 0.2) is 48.5 Å². The van der Waals surface area contributed by atoms with Crippen LogP contribution in [0.5, 0.6) is 5.75 Å². The lowest BCUT2D eigenvalue weighted by atomic mass is 10.0.